The van der Waals surface area contributed by atoms with Crippen LogP contribution in [-0.4, -0.2) is 26.9 Å². The van der Waals surface area contributed by atoms with Crippen molar-refractivity contribution in [2.75, 3.05) is 17.9 Å². The molecule has 1 aliphatic heterocycles. The van der Waals surface area contributed by atoms with Crippen LogP contribution in [0, 0.1) is 0 Å². The molecule has 0 radical (unpaired) electrons. The van der Waals surface area contributed by atoms with Gasteiger partial charge >= 0.3 is 0 Å². The molecule has 1 saturated heterocycles. The zero-order valence-corrected chi connectivity index (χ0v) is 13.8. The van der Waals surface area contributed by atoms with Crippen LogP contribution in [0.5, 0.6) is 0 Å². The zero-order chi connectivity index (χ0) is 14.9. The summed E-state index contributed by atoms with van der Waals surface area (Å²) in [6.45, 7) is 1.02. The molecular formula is C15H16BrNO3S. The molecule has 0 amide bonds. The third-order valence-corrected chi connectivity index (χ3v) is 6.03. The molecule has 4 nitrogen and oxygen atoms in total. The minimum atomic E-state index is -3.35. The first kappa shape index (κ1) is 14.8. The zero-order valence-electron chi connectivity index (χ0n) is 11.4. The number of halogens is 1. The van der Waals surface area contributed by atoms with Gasteiger partial charge in [-0.2, -0.15) is 0 Å². The van der Waals surface area contributed by atoms with Crippen LogP contribution < -0.4 is 4.72 Å². The number of hydrogen-bond donors (Lipinski definition) is 1. The quantitative estimate of drug-likeness (QED) is 0.900. The largest absolute Gasteiger partial charge is 0.381 e. The number of fused-ring (bicyclic) bond motifs is 1. The van der Waals surface area contributed by atoms with Gasteiger partial charge in [-0.05, 0) is 47.9 Å². The maximum Gasteiger partial charge on any atom is 0.235 e. The molecule has 3 rings (SSSR count). The Morgan fingerprint density at radius 2 is 1.71 bits per heavy atom. The van der Waals surface area contributed by atoms with Crippen LogP contribution in [0.25, 0.3) is 10.8 Å². The van der Waals surface area contributed by atoms with Crippen molar-refractivity contribution in [3.05, 3.63) is 40.9 Å². The number of rotatable bonds is 3. The van der Waals surface area contributed by atoms with Gasteiger partial charge < -0.3 is 4.74 Å². The van der Waals surface area contributed by atoms with E-state index in [-0.39, 0.29) is 5.25 Å². The summed E-state index contributed by atoms with van der Waals surface area (Å²) in [6.07, 6.45) is 1.10. The fourth-order valence-electron chi connectivity index (χ4n) is 2.51. The normalized spacial score (nSPS) is 17.0. The van der Waals surface area contributed by atoms with Crippen molar-refractivity contribution < 1.29 is 13.2 Å². The van der Waals surface area contributed by atoms with Crippen LogP contribution in [-0.2, 0) is 14.8 Å². The molecule has 0 saturated carbocycles. The minimum Gasteiger partial charge on any atom is -0.381 e. The molecule has 112 valence electrons. The molecule has 2 aromatic carbocycles. The Balaban J connectivity index is 1.85. The number of anilines is 1. The van der Waals surface area contributed by atoms with E-state index in [4.69, 9.17) is 4.74 Å². The van der Waals surface area contributed by atoms with Gasteiger partial charge in [0.25, 0.3) is 0 Å². The van der Waals surface area contributed by atoms with Crippen LogP contribution in [0.2, 0.25) is 0 Å². The van der Waals surface area contributed by atoms with Gasteiger partial charge in [-0.15, -0.1) is 0 Å². The van der Waals surface area contributed by atoms with Gasteiger partial charge in [-0.3, -0.25) is 4.72 Å². The topological polar surface area (TPSA) is 55.4 Å². The lowest BCUT2D eigenvalue weighted by atomic mass is 10.1. The molecule has 21 heavy (non-hydrogen) atoms. The first-order chi connectivity index (χ1) is 10.0. The number of sulfonamides is 1. The molecule has 2 aromatic rings. The summed E-state index contributed by atoms with van der Waals surface area (Å²) in [6, 6.07) is 11.5. The molecule has 0 spiro atoms. The molecule has 1 aliphatic rings. The van der Waals surface area contributed by atoms with Crippen LogP contribution in [0.15, 0.2) is 40.9 Å². The van der Waals surface area contributed by atoms with Gasteiger partial charge in [-0.1, -0.05) is 28.1 Å². The maximum atomic E-state index is 12.4. The van der Waals surface area contributed by atoms with E-state index in [9.17, 15) is 8.42 Å². The van der Waals surface area contributed by atoms with Crippen molar-refractivity contribution in [2.45, 2.75) is 18.1 Å². The van der Waals surface area contributed by atoms with Gasteiger partial charge in [0.15, 0.2) is 0 Å². The highest BCUT2D eigenvalue weighted by atomic mass is 79.9. The van der Waals surface area contributed by atoms with Crippen LogP contribution in [0.3, 0.4) is 0 Å². The van der Waals surface area contributed by atoms with Crippen molar-refractivity contribution >= 4 is 42.4 Å². The van der Waals surface area contributed by atoms with E-state index in [1.165, 1.54) is 0 Å². The first-order valence-corrected chi connectivity index (χ1v) is 9.17. The molecule has 1 heterocycles. The Bertz CT molecular complexity index is 755. The lowest BCUT2D eigenvalue weighted by Gasteiger charge is -2.22. The minimum absolute atomic E-state index is 0.369. The number of nitrogens with one attached hydrogen (secondary N) is 1. The monoisotopic (exact) mass is 369 g/mol. The van der Waals surface area contributed by atoms with Crippen molar-refractivity contribution in [1.29, 1.82) is 0 Å². The third-order valence-electron chi connectivity index (χ3n) is 3.67. The molecule has 0 aromatic heterocycles. The average molecular weight is 370 g/mol. The Morgan fingerprint density at radius 1 is 1.05 bits per heavy atom. The second-order valence-electron chi connectivity index (χ2n) is 5.17. The second-order valence-corrected chi connectivity index (χ2v) is 8.04. The van der Waals surface area contributed by atoms with Crippen LogP contribution in [0.4, 0.5) is 5.69 Å². The molecular weight excluding hydrogens is 354 g/mol. The van der Waals surface area contributed by atoms with Gasteiger partial charge in [0.2, 0.25) is 10.0 Å². The average Bonchev–Trinajstić information content (AvgIpc) is 2.48. The summed E-state index contributed by atoms with van der Waals surface area (Å²) in [5, 5.41) is 1.70. The number of benzene rings is 2. The standard InChI is InChI=1S/C15H16BrNO3S/c16-13-3-1-12-10-14(4-2-11(12)9-13)17-21(18,19)15-5-7-20-8-6-15/h1-4,9-10,15,17H,5-8H2. The van der Waals surface area contributed by atoms with Crippen LogP contribution in [0.1, 0.15) is 12.8 Å². The molecule has 1 N–H and O–H groups in total. The summed E-state index contributed by atoms with van der Waals surface area (Å²) >= 11 is 3.43. The molecule has 1 fully saturated rings. The van der Waals surface area contributed by atoms with Crippen molar-refractivity contribution in [3.63, 3.8) is 0 Å². The smallest absolute Gasteiger partial charge is 0.235 e. The highest BCUT2D eigenvalue weighted by molar-refractivity contribution is 9.10. The van der Waals surface area contributed by atoms with Gasteiger partial charge in [0.1, 0.15) is 0 Å². The van der Waals surface area contributed by atoms with Crippen molar-refractivity contribution in [1.82, 2.24) is 0 Å². The van der Waals surface area contributed by atoms with E-state index in [1.54, 1.807) is 6.07 Å². The van der Waals surface area contributed by atoms with Gasteiger partial charge in [0, 0.05) is 23.4 Å². The predicted molar refractivity (Wildman–Crippen MR) is 88.0 cm³/mol. The molecule has 0 unspecified atom stereocenters. The fraction of sp³-hybridized carbons (Fsp3) is 0.333. The second kappa shape index (κ2) is 5.94. The lowest BCUT2D eigenvalue weighted by Crippen LogP contribution is -2.33. The predicted octanol–water partition coefficient (Wildman–Crippen LogP) is 3.52. The highest BCUT2D eigenvalue weighted by Gasteiger charge is 2.27. The van der Waals surface area contributed by atoms with E-state index in [2.05, 4.69) is 20.7 Å². The highest BCUT2D eigenvalue weighted by Crippen LogP contribution is 2.25. The Hall–Kier alpha value is -1.11. The number of ether oxygens (including phenoxy) is 1. The van der Waals surface area contributed by atoms with E-state index < -0.39 is 10.0 Å². The first-order valence-electron chi connectivity index (χ1n) is 6.83. The summed E-state index contributed by atoms with van der Waals surface area (Å²) in [5.41, 5.74) is 0.608. The molecule has 0 bridgehead atoms. The van der Waals surface area contributed by atoms with Crippen molar-refractivity contribution in [2.24, 2.45) is 0 Å². The Labute approximate surface area is 132 Å². The van der Waals surface area contributed by atoms with E-state index >= 15 is 0 Å². The Kier molecular flexibility index (Phi) is 4.19. The maximum absolute atomic E-state index is 12.4. The molecule has 0 atom stereocenters. The van der Waals surface area contributed by atoms with E-state index in [0.29, 0.717) is 31.7 Å². The molecule has 0 aliphatic carbocycles. The summed E-state index contributed by atoms with van der Waals surface area (Å²) in [7, 11) is -3.35. The summed E-state index contributed by atoms with van der Waals surface area (Å²) < 4.78 is 33.7. The van der Waals surface area contributed by atoms with E-state index in [1.807, 2.05) is 30.3 Å². The van der Waals surface area contributed by atoms with Gasteiger partial charge in [0.05, 0.1) is 5.25 Å². The summed E-state index contributed by atoms with van der Waals surface area (Å²) in [4.78, 5) is 0. The number of hydrogen-bond acceptors (Lipinski definition) is 3. The van der Waals surface area contributed by atoms with Crippen molar-refractivity contribution in [3.8, 4) is 0 Å². The third kappa shape index (κ3) is 3.39. The fourth-order valence-corrected chi connectivity index (χ4v) is 4.33. The van der Waals surface area contributed by atoms with Crippen LogP contribution >= 0.6 is 15.9 Å². The lowest BCUT2D eigenvalue weighted by molar-refractivity contribution is 0.0984. The molecule has 6 heteroatoms. The van der Waals surface area contributed by atoms with E-state index in [0.717, 1.165) is 15.2 Å². The Morgan fingerprint density at radius 3 is 2.48 bits per heavy atom. The summed E-state index contributed by atoms with van der Waals surface area (Å²) in [5.74, 6) is 0. The van der Waals surface area contributed by atoms with Gasteiger partial charge in [-0.25, -0.2) is 8.42 Å². The SMILES string of the molecule is O=S(=O)(Nc1ccc2cc(Br)ccc2c1)C1CCOCC1.